The van der Waals surface area contributed by atoms with Gasteiger partial charge in [-0.3, -0.25) is 4.79 Å². The van der Waals surface area contributed by atoms with Crippen LogP contribution >= 0.6 is 0 Å². The zero-order chi connectivity index (χ0) is 13.6. The van der Waals surface area contributed by atoms with E-state index in [9.17, 15) is 4.79 Å². The van der Waals surface area contributed by atoms with E-state index in [-0.39, 0.29) is 24.6 Å². The molecule has 0 N–H and O–H groups in total. The minimum atomic E-state index is -0.746. The van der Waals surface area contributed by atoms with E-state index < -0.39 is 5.79 Å². The highest BCUT2D eigenvalue weighted by molar-refractivity contribution is 5.70. The lowest BCUT2D eigenvalue weighted by Crippen LogP contribution is -2.44. The topological polar surface area (TPSA) is 44.8 Å². The predicted octanol–water partition coefficient (Wildman–Crippen LogP) is 2.26. The first-order valence-corrected chi connectivity index (χ1v) is 6.44. The number of terminal acetylenes is 1. The van der Waals surface area contributed by atoms with E-state index in [0.29, 0.717) is 13.0 Å². The molecule has 4 nitrogen and oxygen atoms in total. The van der Waals surface area contributed by atoms with Gasteiger partial charge in [-0.05, 0) is 20.3 Å². The number of hydrogen-bond acceptors (Lipinski definition) is 4. The summed E-state index contributed by atoms with van der Waals surface area (Å²) in [6, 6.07) is 0. The number of ether oxygens (including phenoxy) is 3. The van der Waals surface area contributed by atoms with Gasteiger partial charge in [0.2, 0.25) is 0 Å². The molecule has 0 saturated carbocycles. The van der Waals surface area contributed by atoms with Gasteiger partial charge in [-0.2, -0.15) is 0 Å². The fourth-order valence-electron chi connectivity index (χ4n) is 1.91. The molecule has 1 aliphatic heterocycles. The van der Waals surface area contributed by atoms with Gasteiger partial charge in [-0.1, -0.05) is 19.3 Å². The number of hydrogen-bond donors (Lipinski definition) is 0. The smallest absolute Gasteiger partial charge is 0.308 e. The Hall–Kier alpha value is -1.05. The number of esters is 1. The standard InChI is InChI=1S/C14H22O4/c1-5-7-8-16-13(15)10-12-9-11(6-2)17-14(3,4)18-12/h2,11-12H,5,7-10H2,1,3-4H3. The largest absolute Gasteiger partial charge is 0.466 e. The number of rotatable bonds is 5. The van der Waals surface area contributed by atoms with Crippen LogP contribution in [0.15, 0.2) is 0 Å². The minimum Gasteiger partial charge on any atom is -0.466 e. The third-order valence-electron chi connectivity index (χ3n) is 2.69. The summed E-state index contributed by atoms with van der Waals surface area (Å²) < 4.78 is 16.3. The third-order valence-corrected chi connectivity index (χ3v) is 2.69. The lowest BCUT2D eigenvalue weighted by molar-refractivity contribution is -0.288. The normalized spacial score (nSPS) is 26.3. The highest BCUT2D eigenvalue weighted by Gasteiger charge is 2.35. The molecule has 1 fully saturated rings. The van der Waals surface area contributed by atoms with Crippen molar-refractivity contribution in [3.05, 3.63) is 0 Å². The molecular formula is C14H22O4. The van der Waals surface area contributed by atoms with Crippen molar-refractivity contribution in [2.75, 3.05) is 6.61 Å². The van der Waals surface area contributed by atoms with Crippen molar-refractivity contribution in [3.8, 4) is 12.3 Å². The van der Waals surface area contributed by atoms with Gasteiger partial charge in [-0.25, -0.2) is 0 Å². The molecule has 1 saturated heterocycles. The van der Waals surface area contributed by atoms with Crippen molar-refractivity contribution in [3.63, 3.8) is 0 Å². The number of unbranched alkanes of at least 4 members (excludes halogenated alkanes) is 1. The van der Waals surface area contributed by atoms with Gasteiger partial charge in [0.15, 0.2) is 5.79 Å². The van der Waals surface area contributed by atoms with Gasteiger partial charge >= 0.3 is 5.97 Å². The predicted molar refractivity (Wildman–Crippen MR) is 67.8 cm³/mol. The molecule has 0 radical (unpaired) electrons. The van der Waals surface area contributed by atoms with Crippen LogP contribution in [0.3, 0.4) is 0 Å². The molecule has 0 bridgehead atoms. The Bertz CT molecular complexity index is 316. The van der Waals surface area contributed by atoms with E-state index in [0.717, 1.165) is 12.8 Å². The lowest BCUT2D eigenvalue weighted by Gasteiger charge is -2.38. The Morgan fingerprint density at radius 2 is 2.22 bits per heavy atom. The second-order valence-corrected chi connectivity index (χ2v) is 4.93. The van der Waals surface area contributed by atoms with Crippen LogP contribution in [0.5, 0.6) is 0 Å². The van der Waals surface area contributed by atoms with E-state index in [1.807, 2.05) is 0 Å². The second-order valence-electron chi connectivity index (χ2n) is 4.93. The van der Waals surface area contributed by atoms with Gasteiger partial charge < -0.3 is 14.2 Å². The summed E-state index contributed by atoms with van der Waals surface area (Å²) in [5.74, 6) is 1.58. The first-order valence-electron chi connectivity index (χ1n) is 6.44. The van der Waals surface area contributed by atoms with Crippen LogP contribution < -0.4 is 0 Å². The van der Waals surface area contributed by atoms with Crippen LogP contribution in [-0.2, 0) is 19.0 Å². The monoisotopic (exact) mass is 254 g/mol. The zero-order valence-corrected chi connectivity index (χ0v) is 11.4. The van der Waals surface area contributed by atoms with Crippen molar-refractivity contribution in [2.24, 2.45) is 0 Å². The number of carbonyl (C=O) groups is 1. The molecule has 102 valence electrons. The highest BCUT2D eigenvalue weighted by Crippen LogP contribution is 2.28. The Morgan fingerprint density at radius 1 is 1.50 bits per heavy atom. The SMILES string of the molecule is C#CC1CC(CC(=O)OCCCC)OC(C)(C)O1. The summed E-state index contributed by atoms with van der Waals surface area (Å²) in [4.78, 5) is 11.6. The maximum absolute atomic E-state index is 11.6. The van der Waals surface area contributed by atoms with E-state index in [1.54, 1.807) is 13.8 Å². The molecule has 2 atom stereocenters. The molecular weight excluding hydrogens is 232 g/mol. The second kappa shape index (κ2) is 6.77. The molecule has 2 unspecified atom stereocenters. The van der Waals surface area contributed by atoms with E-state index in [4.69, 9.17) is 20.6 Å². The van der Waals surface area contributed by atoms with Gasteiger partial charge in [0.1, 0.15) is 6.10 Å². The fraction of sp³-hybridized carbons (Fsp3) is 0.786. The maximum Gasteiger partial charge on any atom is 0.308 e. The average molecular weight is 254 g/mol. The molecule has 0 spiro atoms. The number of carbonyl (C=O) groups excluding carboxylic acids is 1. The molecule has 0 aromatic rings. The Balaban J connectivity index is 2.41. The van der Waals surface area contributed by atoms with Crippen molar-refractivity contribution >= 4 is 5.97 Å². The zero-order valence-electron chi connectivity index (χ0n) is 11.4. The molecule has 1 aliphatic rings. The summed E-state index contributed by atoms with van der Waals surface area (Å²) >= 11 is 0. The molecule has 0 amide bonds. The van der Waals surface area contributed by atoms with E-state index in [2.05, 4.69) is 12.8 Å². The van der Waals surface area contributed by atoms with Crippen molar-refractivity contribution in [2.45, 2.75) is 64.4 Å². The summed E-state index contributed by atoms with van der Waals surface area (Å²) in [7, 11) is 0. The molecule has 1 rings (SSSR count). The quantitative estimate of drug-likeness (QED) is 0.429. The first-order chi connectivity index (χ1) is 8.46. The molecule has 18 heavy (non-hydrogen) atoms. The minimum absolute atomic E-state index is 0.231. The van der Waals surface area contributed by atoms with Crippen LogP contribution in [0.4, 0.5) is 0 Å². The summed E-state index contributed by atoms with van der Waals surface area (Å²) in [5, 5.41) is 0. The van der Waals surface area contributed by atoms with Crippen LogP contribution in [0.1, 0.15) is 46.5 Å². The Kier molecular flexibility index (Phi) is 5.64. The highest BCUT2D eigenvalue weighted by atomic mass is 16.7. The van der Waals surface area contributed by atoms with Crippen LogP contribution in [0, 0.1) is 12.3 Å². The molecule has 0 aliphatic carbocycles. The van der Waals surface area contributed by atoms with Crippen LogP contribution in [-0.4, -0.2) is 30.6 Å². The molecule has 1 heterocycles. The average Bonchev–Trinajstić information content (AvgIpc) is 2.27. The summed E-state index contributed by atoms with van der Waals surface area (Å²) in [6.07, 6.45) is 7.49. The van der Waals surface area contributed by atoms with Crippen LogP contribution in [0.2, 0.25) is 0 Å². The Labute approximate surface area is 109 Å². The van der Waals surface area contributed by atoms with Crippen molar-refractivity contribution in [1.82, 2.24) is 0 Å². The van der Waals surface area contributed by atoms with Crippen molar-refractivity contribution in [1.29, 1.82) is 0 Å². The lowest BCUT2D eigenvalue weighted by atomic mass is 10.1. The molecule has 0 aromatic carbocycles. The van der Waals surface area contributed by atoms with Gasteiger partial charge in [-0.15, -0.1) is 6.42 Å². The summed E-state index contributed by atoms with van der Waals surface area (Å²) in [5.41, 5.74) is 0. The molecule has 4 heteroatoms. The van der Waals surface area contributed by atoms with Gasteiger partial charge in [0.05, 0.1) is 19.1 Å². The summed E-state index contributed by atoms with van der Waals surface area (Å²) in [6.45, 7) is 6.12. The fourth-order valence-corrected chi connectivity index (χ4v) is 1.91. The first kappa shape index (κ1) is 15.0. The third kappa shape index (κ3) is 5.07. The van der Waals surface area contributed by atoms with Crippen LogP contribution in [0.25, 0.3) is 0 Å². The maximum atomic E-state index is 11.6. The van der Waals surface area contributed by atoms with Gasteiger partial charge in [0, 0.05) is 6.42 Å². The van der Waals surface area contributed by atoms with Gasteiger partial charge in [0.25, 0.3) is 0 Å². The van der Waals surface area contributed by atoms with Crippen molar-refractivity contribution < 1.29 is 19.0 Å². The molecule has 0 aromatic heterocycles. The van der Waals surface area contributed by atoms with E-state index >= 15 is 0 Å². The van der Waals surface area contributed by atoms with E-state index in [1.165, 1.54) is 0 Å². The Morgan fingerprint density at radius 3 is 2.83 bits per heavy atom.